The minimum atomic E-state index is -0.442. The lowest BCUT2D eigenvalue weighted by molar-refractivity contribution is -0.160. The first kappa shape index (κ1) is 17.8. The van der Waals surface area contributed by atoms with E-state index in [-0.39, 0.29) is 0 Å². The van der Waals surface area contributed by atoms with E-state index in [4.69, 9.17) is 21.1 Å². The van der Waals surface area contributed by atoms with E-state index >= 15 is 0 Å². The molecule has 1 aliphatic rings. The summed E-state index contributed by atoms with van der Waals surface area (Å²) in [5.74, 6) is 6.50. The van der Waals surface area contributed by atoms with Gasteiger partial charge in [0.25, 0.3) is 0 Å². The van der Waals surface area contributed by atoms with Crippen molar-refractivity contribution in [3.63, 3.8) is 0 Å². The summed E-state index contributed by atoms with van der Waals surface area (Å²) in [7, 11) is 0. The smallest absolute Gasteiger partial charge is 0.222 e. The predicted octanol–water partition coefficient (Wildman–Crippen LogP) is 5.31. The van der Waals surface area contributed by atoms with Crippen LogP contribution in [0.1, 0.15) is 18.9 Å². The zero-order valence-corrected chi connectivity index (χ0v) is 15.0. The molecule has 0 spiro atoms. The summed E-state index contributed by atoms with van der Waals surface area (Å²) in [5.41, 5.74) is 3.21. The van der Waals surface area contributed by atoms with Gasteiger partial charge in [-0.25, -0.2) is 0 Å². The van der Waals surface area contributed by atoms with Gasteiger partial charge in [0.05, 0.1) is 13.2 Å². The van der Waals surface area contributed by atoms with E-state index in [1.54, 1.807) is 0 Å². The Hall–Kier alpha value is -2.05. The third-order valence-electron chi connectivity index (χ3n) is 3.96. The van der Waals surface area contributed by atoms with E-state index in [9.17, 15) is 0 Å². The van der Waals surface area contributed by atoms with Crippen LogP contribution >= 0.6 is 11.6 Å². The van der Waals surface area contributed by atoms with Gasteiger partial charge in [-0.15, -0.1) is 0 Å². The number of hydrogen-bond acceptors (Lipinski definition) is 2. The number of hydrogen-bond donors (Lipinski definition) is 0. The molecular formula is C22H21ClO2. The van der Waals surface area contributed by atoms with Crippen molar-refractivity contribution in [3.05, 3.63) is 71.3 Å². The number of rotatable bonds is 3. The third kappa shape index (κ3) is 5.21. The molecule has 2 aromatic carbocycles. The summed E-state index contributed by atoms with van der Waals surface area (Å²) in [6, 6.07) is 15.9. The second kappa shape index (κ2) is 8.87. The zero-order chi connectivity index (χ0) is 17.5. The Balaban J connectivity index is 1.58. The topological polar surface area (TPSA) is 18.5 Å². The van der Waals surface area contributed by atoms with Gasteiger partial charge in [0, 0.05) is 16.5 Å². The molecule has 0 radical (unpaired) electrons. The maximum atomic E-state index is 5.93. The van der Waals surface area contributed by atoms with Crippen LogP contribution in [0.2, 0.25) is 5.02 Å². The molecule has 1 aliphatic heterocycles. The molecule has 2 aromatic rings. The van der Waals surface area contributed by atoms with Crippen LogP contribution in [0.25, 0.3) is 11.1 Å². The highest BCUT2D eigenvalue weighted by molar-refractivity contribution is 6.30. The van der Waals surface area contributed by atoms with Crippen molar-refractivity contribution in [1.29, 1.82) is 0 Å². The highest BCUT2D eigenvalue weighted by atomic mass is 35.5. The maximum Gasteiger partial charge on any atom is 0.222 e. The number of benzene rings is 2. The molecule has 0 bridgehead atoms. The third-order valence-corrected chi connectivity index (χ3v) is 4.22. The Kier molecular flexibility index (Phi) is 6.30. The molecule has 0 atom stereocenters. The van der Waals surface area contributed by atoms with Gasteiger partial charge >= 0.3 is 0 Å². The molecule has 0 aromatic heterocycles. The normalized spacial score (nSPS) is 20.2. The Bertz CT molecular complexity index is 758. The monoisotopic (exact) mass is 352 g/mol. The second-order valence-corrected chi connectivity index (χ2v) is 6.39. The highest BCUT2D eigenvalue weighted by Crippen LogP contribution is 2.21. The fourth-order valence-corrected chi connectivity index (χ4v) is 2.70. The van der Waals surface area contributed by atoms with Gasteiger partial charge < -0.3 is 9.47 Å². The minimum Gasteiger partial charge on any atom is -0.341 e. The first-order valence-electron chi connectivity index (χ1n) is 8.52. The Morgan fingerprint density at radius 1 is 1.00 bits per heavy atom. The first-order valence-corrected chi connectivity index (χ1v) is 8.90. The van der Waals surface area contributed by atoms with Crippen molar-refractivity contribution in [2.75, 3.05) is 13.2 Å². The van der Waals surface area contributed by atoms with Crippen molar-refractivity contribution < 1.29 is 9.47 Å². The predicted molar refractivity (Wildman–Crippen MR) is 102 cm³/mol. The zero-order valence-electron chi connectivity index (χ0n) is 14.2. The van der Waals surface area contributed by atoms with E-state index in [0.717, 1.165) is 28.1 Å². The Morgan fingerprint density at radius 2 is 1.60 bits per heavy atom. The average Bonchev–Trinajstić information content (AvgIpc) is 2.67. The maximum absolute atomic E-state index is 5.93. The molecule has 0 amide bonds. The van der Waals surface area contributed by atoms with Gasteiger partial charge in [-0.3, -0.25) is 0 Å². The molecule has 1 heterocycles. The van der Waals surface area contributed by atoms with Crippen molar-refractivity contribution in [2.45, 2.75) is 19.6 Å². The van der Waals surface area contributed by atoms with Crippen LogP contribution in [0.15, 0.2) is 60.7 Å². The summed E-state index contributed by atoms with van der Waals surface area (Å²) in [6.07, 6.45) is 4.89. The van der Waals surface area contributed by atoms with E-state index in [2.05, 4.69) is 43.0 Å². The molecule has 3 rings (SSSR count). The Morgan fingerprint density at radius 3 is 2.20 bits per heavy atom. The fraction of sp³-hybridized carbons (Fsp3) is 0.273. The first-order chi connectivity index (χ1) is 12.2. The van der Waals surface area contributed by atoms with Crippen LogP contribution in [-0.2, 0) is 9.47 Å². The van der Waals surface area contributed by atoms with Crippen LogP contribution in [0, 0.1) is 17.8 Å². The van der Waals surface area contributed by atoms with Gasteiger partial charge in [-0.1, -0.05) is 60.9 Å². The lowest BCUT2D eigenvalue weighted by Gasteiger charge is -2.24. The lowest BCUT2D eigenvalue weighted by atomic mass is 10.0. The Labute approximate surface area is 154 Å². The van der Waals surface area contributed by atoms with Gasteiger partial charge in [0.2, 0.25) is 6.29 Å². The molecule has 2 nitrogen and oxygen atoms in total. The molecular weight excluding hydrogens is 332 g/mol. The van der Waals surface area contributed by atoms with E-state index in [1.807, 2.05) is 36.4 Å². The SMILES string of the molecule is CC/C=C/C1COC(C#Cc2ccc(-c3ccc(Cl)cc3)cc2)OC1. The summed E-state index contributed by atoms with van der Waals surface area (Å²) in [5, 5.41) is 0.742. The van der Waals surface area contributed by atoms with Crippen LogP contribution in [0.4, 0.5) is 0 Å². The fourth-order valence-electron chi connectivity index (χ4n) is 2.57. The van der Waals surface area contributed by atoms with Crippen molar-refractivity contribution in [2.24, 2.45) is 5.92 Å². The summed E-state index contributed by atoms with van der Waals surface area (Å²) < 4.78 is 11.3. The van der Waals surface area contributed by atoms with Crippen LogP contribution in [-0.4, -0.2) is 19.5 Å². The molecule has 0 saturated carbocycles. The highest BCUT2D eigenvalue weighted by Gasteiger charge is 2.18. The average molecular weight is 353 g/mol. The minimum absolute atomic E-state index is 0.330. The molecule has 1 fully saturated rings. The van der Waals surface area contributed by atoms with E-state index < -0.39 is 6.29 Å². The number of ether oxygens (including phenoxy) is 2. The van der Waals surface area contributed by atoms with Crippen LogP contribution < -0.4 is 0 Å². The van der Waals surface area contributed by atoms with Crippen molar-refractivity contribution in [1.82, 2.24) is 0 Å². The van der Waals surface area contributed by atoms with E-state index in [0.29, 0.717) is 19.1 Å². The molecule has 1 saturated heterocycles. The molecule has 128 valence electrons. The summed E-state index contributed by atoms with van der Waals surface area (Å²) >= 11 is 5.93. The van der Waals surface area contributed by atoms with Gasteiger partial charge in [0.1, 0.15) is 0 Å². The van der Waals surface area contributed by atoms with Crippen LogP contribution in [0.3, 0.4) is 0 Å². The molecule has 0 aliphatic carbocycles. The van der Waals surface area contributed by atoms with Crippen molar-refractivity contribution in [3.8, 4) is 23.0 Å². The van der Waals surface area contributed by atoms with Crippen molar-refractivity contribution >= 4 is 11.6 Å². The number of halogens is 1. The van der Waals surface area contributed by atoms with Gasteiger partial charge in [-0.05, 0) is 47.7 Å². The summed E-state index contributed by atoms with van der Waals surface area (Å²) in [4.78, 5) is 0. The number of allylic oxidation sites excluding steroid dienone is 1. The molecule has 0 N–H and O–H groups in total. The summed E-state index contributed by atoms with van der Waals surface area (Å²) in [6.45, 7) is 3.43. The van der Waals surface area contributed by atoms with Gasteiger partial charge in [-0.2, -0.15) is 0 Å². The molecule has 3 heteroatoms. The van der Waals surface area contributed by atoms with E-state index in [1.165, 1.54) is 0 Å². The molecule has 0 unspecified atom stereocenters. The second-order valence-electron chi connectivity index (χ2n) is 5.95. The lowest BCUT2D eigenvalue weighted by Crippen LogP contribution is -2.30. The standard InChI is InChI=1S/C22H21ClO2/c1-2-3-4-18-15-24-22(25-16-18)14-7-17-5-8-19(9-6-17)20-10-12-21(23)13-11-20/h3-6,8-13,18,22H,2,15-16H2,1H3/b4-3+. The largest absolute Gasteiger partial charge is 0.341 e. The molecule has 25 heavy (non-hydrogen) atoms. The van der Waals surface area contributed by atoms with Crippen LogP contribution in [0.5, 0.6) is 0 Å². The van der Waals surface area contributed by atoms with Gasteiger partial charge in [0.15, 0.2) is 0 Å². The quantitative estimate of drug-likeness (QED) is 0.550.